The Morgan fingerprint density at radius 1 is 1.44 bits per heavy atom. The summed E-state index contributed by atoms with van der Waals surface area (Å²) in [6.45, 7) is -0.207. The molecule has 25 heavy (non-hydrogen) atoms. The van der Waals surface area contributed by atoms with Gasteiger partial charge in [-0.3, -0.25) is 14.3 Å². The zero-order valence-corrected chi connectivity index (χ0v) is 13.7. The molecule has 0 aliphatic carbocycles. The second-order valence-corrected chi connectivity index (χ2v) is 6.54. The van der Waals surface area contributed by atoms with E-state index >= 15 is 0 Å². The van der Waals surface area contributed by atoms with Crippen LogP contribution in [0.5, 0.6) is 0 Å². The van der Waals surface area contributed by atoms with Crippen molar-refractivity contribution >= 4 is 11.8 Å². The first-order chi connectivity index (χ1) is 11.7. The van der Waals surface area contributed by atoms with Gasteiger partial charge in [0.25, 0.3) is 0 Å². The molecule has 1 aromatic heterocycles. The van der Waals surface area contributed by atoms with Crippen molar-refractivity contribution in [1.29, 1.82) is 0 Å². The molecule has 3 atom stereocenters. The molecule has 3 heterocycles. The third-order valence-corrected chi connectivity index (χ3v) is 4.69. The van der Waals surface area contributed by atoms with Crippen molar-refractivity contribution < 1.29 is 22.8 Å². The largest absolute Gasteiger partial charge is 0.406 e. The van der Waals surface area contributed by atoms with E-state index in [0.717, 1.165) is 10.5 Å². The molecule has 1 unspecified atom stereocenters. The maximum atomic E-state index is 12.6. The minimum atomic E-state index is -4.44. The topological polar surface area (TPSA) is 79.3 Å². The predicted molar refractivity (Wildman–Crippen MR) is 81.5 cm³/mol. The van der Waals surface area contributed by atoms with Crippen LogP contribution in [0.1, 0.15) is 17.9 Å². The molecule has 0 bridgehead atoms. The van der Waals surface area contributed by atoms with Gasteiger partial charge in [0, 0.05) is 38.8 Å². The molecule has 1 aromatic rings. The van der Waals surface area contributed by atoms with Crippen molar-refractivity contribution in [3.05, 3.63) is 18.0 Å². The number of hydrogen-bond acceptors (Lipinski definition) is 4. The van der Waals surface area contributed by atoms with E-state index in [4.69, 9.17) is 0 Å². The molecule has 2 saturated heterocycles. The van der Waals surface area contributed by atoms with Gasteiger partial charge < -0.3 is 15.5 Å². The second kappa shape index (κ2) is 6.66. The first kappa shape index (κ1) is 17.7. The lowest BCUT2D eigenvalue weighted by Gasteiger charge is -2.21. The summed E-state index contributed by atoms with van der Waals surface area (Å²) in [6, 6.07) is -0.884. The predicted octanol–water partition coefficient (Wildman–Crippen LogP) is 0.00250. The molecule has 0 radical (unpaired) electrons. The first-order valence-electron chi connectivity index (χ1n) is 8.10. The van der Waals surface area contributed by atoms with E-state index in [1.54, 1.807) is 17.9 Å². The van der Waals surface area contributed by atoms with Crippen molar-refractivity contribution in [3.8, 4) is 0 Å². The molecular formula is C15H20F3N5O2. The summed E-state index contributed by atoms with van der Waals surface area (Å²) in [5, 5.41) is 9.88. The van der Waals surface area contributed by atoms with Crippen molar-refractivity contribution in [1.82, 2.24) is 25.3 Å². The van der Waals surface area contributed by atoms with Crippen LogP contribution in [-0.2, 0) is 16.6 Å². The molecule has 10 heteroatoms. The van der Waals surface area contributed by atoms with E-state index in [2.05, 4.69) is 15.7 Å². The lowest BCUT2D eigenvalue weighted by molar-refractivity contribution is -0.158. The lowest BCUT2D eigenvalue weighted by atomic mass is 9.90. The highest BCUT2D eigenvalue weighted by Crippen LogP contribution is 2.28. The van der Waals surface area contributed by atoms with Crippen molar-refractivity contribution in [2.24, 2.45) is 13.0 Å². The fourth-order valence-corrected chi connectivity index (χ4v) is 3.46. The number of nitrogens with zero attached hydrogens (tertiary/aromatic N) is 3. The number of hydrogen-bond donors (Lipinski definition) is 2. The van der Waals surface area contributed by atoms with Crippen molar-refractivity contribution in [2.45, 2.75) is 24.6 Å². The number of amides is 2. The first-order valence-corrected chi connectivity index (χ1v) is 8.10. The van der Waals surface area contributed by atoms with Gasteiger partial charge in [-0.1, -0.05) is 0 Å². The van der Waals surface area contributed by atoms with Crippen LogP contribution in [-0.4, -0.2) is 64.9 Å². The maximum absolute atomic E-state index is 12.6. The highest BCUT2D eigenvalue weighted by atomic mass is 19.4. The molecule has 7 nitrogen and oxygen atoms in total. The second-order valence-electron chi connectivity index (χ2n) is 6.54. The van der Waals surface area contributed by atoms with Crippen LogP contribution in [0.25, 0.3) is 0 Å². The summed E-state index contributed by atoms with van der Waals surface area (Å²) in [7, 11) is 1.79. The van der Waals surface area contributed by atoms with E-state index in [9.17, 15) is 22.8 Å². The fourth-order valence-electron chi connectivity index (χ4n) is 3.46. The summed E-state index contributed by atoms with van der Waals surface area (Å²) < 4.78 is 39.0. The molecule has 2 aliphatic rings. The van der Waals surface area contributed by atoms with Crippen LogP contribution in [0.15, 0.2) is 12.4 Å². The Morgan fingerprint density at radius 3 is 2.84 bits per heavy atom. The number of carbonyl (C=O) groups excluding carboxylic acids is 2. The highest BCUT2D eigenvalue weighted by Gasteiger charge is 2.42. The molecular weight excluding hydrogens is 339 g/mol. The Bertz CT molecular complexity index is 660. The number of aryl methyl sites for hydroxylation is 1. The standard InChI is InChI=1S/C15H20F3N5O2/c1-22-7-9(4-20-22)10-5-19-6-11(10)13(24)21-12-2-3-23(14(12)25)8-15(16,17)18/h4,7,10-12,19H,2-3,5-6,8H2,1H3,(H,21,24)/t10-,11+,12?/m1/s1. The average molecular weight is 359 g/mol. The Hall–Kier alpha value is -2.10. The number of nitrogens with one attached hydrogen (secondary N) is 2. The van der Waals surface area contributed by atoms with Crippen molar-refractivity contribution in [3.63, 3.8) is 0 Å². The number of likely N-dealkylation sites (tertiary alicyclic amines) is 1. The summed E-state index contributed by atoms with van der Waals surface area (Å²) in [6.07, 6.45) is -0.707. The van der Waals surface area contributed by atoms with Gasteiger partial charge in [-0.05, 0) is 12.0 Å². The monoisotopic (exact) mass is 359 g/mol. The lowest BCUT2D eigenvalue weighted by Crippen LogP contribution is -2.46. The van der Waals surface area contributed by atoms with Crippen LogP contribution >= 0.6 is 0 Å². The SMILES string of the molecule is Cn1cc([C@H]2CNC[C@@H]2C(=O)NC2CCN(CC(F)(F)F)C2=O)cn1. The Morgan fingerprint density at radius 2 is 2.20 bits per heavy atom. The van der Waals surface area contributed by atoms with Gasteiger partial charge in [0.15, 0.2) is 0 Å². The van der Waals surface area contributed by atoms with Gasteiger partial charge >= 0.3 is 6.18 Å². The van der Waals surface area contributed by atoms with E-state index in [1.807, 2.05) is 6.20 Å². The number of rotatable bonds is 4. The summed E-state index contributed by atoms with van der Waals surface area (Å²) >= 11 is 0. The molecule has 0 saturated carbocycles. The highest BCUT2D eigenvalue weighted by molar-refractivity contribution is 5.90. The van der Waals surface area contributed by atoms with Gasteiger partial charge in [0.05, 0.1) is 12.1 Å². The molecule has 2 N–H and O–H groups in total. The molecule has 0 spiro atoms. The van der Waals surface area contributed by atoms with E-state index in [1.165, 1.54) is 0 Å². The van der Waals surface area contributed by atoms with Crippen LogP contribution in [0.3, 0.4) is 0 Å². The third-order valence-electron chi connectivity index (χ3n) is 4.69. The van der Waals surface area contributed by atoms with Crippen LogP contribution in [0.4, 0.5) is 13.2 Å². The zero-order valence-electron chi connectivity index (χ0n) is 13.7. The Balaban J connectivity index is 1.61. The third kappa shape index (κ3) is 3.94. The minimum absolute atomic E-state index is 0.00175. The number of carbonyl (C=O) groups is 2. The molecule has 138 valence electrons. The quantitative estimate of drug-likeness (QED) is 0.793. The van der Waals surface area contributed by atoms with Crippen LogP contribution in [0, 0.1) is 5.92 Å². The minimum Gasteiger partial charge on any atom is -0.344 e. The van der Waals surface area contributed by atoms with Gasteiger partial charge in [-0.25, -0.2) is 0 Å². The summed E-state index contributed by atoms with van der Waals surface area (Å²) in [5.74, 6) is -1.44. The van der Waals surface area contributed by atoms with Gasteiger partial charge in [-0.15, -0.1) is 0 Å². The molecule has 0 aromatic carbocycles. The molecule has 2 fully saturated rings. The summed E-state index contributed by atoms with van der Waals surface area (Å²) in [5.41, 5.74) is 0.920. The normalized spacial score (nSPS) is 27.1. The number of alkyl halides is 3. The maximum Gasteiger partial charge on any atom is 0.406 e. The Labute approximate surface area is 142 Å². The number of aromatic nitrogens is 2. The smallest absolute Gasteiger partial charge is 0.344 e. The summed E-state index contributed by atoms with van der Waals surface area (Å²) in [4.78, 5) is 25.4. The molecule has 3 rings (SSSR count). The Kier molecular flexibility index (Phi) is 4.72. The van der Waals surface area contributed by atoms with Gasteiger partial charge in [0.2, 0.25) is 11.8 Å². The van der Waals surface area contributed by atoms with Crippen LogP contribution in [0.2, 0.25) is 0 Å². The van der Waals surface area contributed by atoms with E-state index in [0.29, 0.717) is 13.1 Å². The molecule has 2 amide bonds. The van der Waals surface area contributed by atoms with Crippen molar-refractivity contribution in [2.75, 3.05) is 26.2 Å². The van der Waals surface area contributed by atoms with E-state index in [-0.39, 0.29) is 30.7 Å². The fraction of sp³-hybridized carbons (Fsp3) is 0.667. The van der Waals surface area contributed by atoms with Gasteiger partial charge in [0.1, 0.15) is 12.6 Å². The van der Waals surface area contributed by atoms with E-state index < -0.39 is 24.7 Å². The molecule has 2 aliphatic heterocycles. The average Bonchev–Trinajstić information content (AvgIpc) is 3.21. The number of halogens is 3. The zero-order chi connectivity index (χ0) is 18.2. The van der Waals surface area contributed by atoms with Gasteiger partial charge in [-0.2, -0.15) is 18.3 Å². The van der Waals surface area contributed by atoms with Crippen LogP contribution < -0.4 is 10.6 Å².